The zero-order valence-electron chi connectivity index (χ0n) is 13.5. The van der Waals surface area contributed by atoms with Gasteiger partial charge in [-0.1, -0.05) is 82.7 Å². The van der Waals surface area contributed by atoms with E-state index in [4.69, 9.17) is 0 Å². The average molecular weight is 383 g/mol. The Bertz CT molecular complexity index is 1230. The summed E-state index contributed by atoms with van der Waals surface area (Å²) in [6, 6.07) is 32.8. The Morgan fingerprint density at radius 3 is 2.00 bits per heavy atom. The summed E-state index contributed by atoms with van der Waals surface area (Å²) in [5.41, 5.74) is 2.53. The molecule has 0 spiro atoms. The molecule has 0 aliphatic heterocycles. The highest BCUT2D eigenvalue weighted by Crippen LogP contribution is 2.36. The molecule has 0 aromatic heterocycles. The van der Waals surface area contributed by atoms with Crippen LogP contribution in [0.15, 0.2) is 95.5 Å². The molecule has 25 heavy (non-hydrogen) atoms. The second-order valence-electron chi connectivity index (χ2n) is 6.40. The Morgan fingerprint density at radius 1 is 0.520 bits per heavy atom. The van der Waals surface area contributed by atoms with Crippen LogP contribution < -0.4 is 0 Å². The second-order valence-corrected chi connectivity index (χ2v) is 7.31. The Balaban J connectivity index is 1.93. The first-order chi connectivity index (χ1) is 12.3. The van der Waals surface area contributed by atoms with Crippen molar-refractivity contribution in [2.45, 2.75) is 0 Å². The number of hydrogen-bond donors (Lipinski definition) is 0. The van der Waals surface area contributed by atoms with Crippen molar-refractivity contribution in [1.29, 1.82) is 0 Å². The molecule has 1 heteroatoms. The number of rotatable bonds is 1. The van der Waals surface area contributed by atoms with Gasteiger partial charge in [0, 0.05) is 4.47 Å². The molecule has 0 unspecified atom stereocenters. The highest BCUT2D eigenvalue weighted by Gasteiger charge is 2.09. The van der Waals surface area contributed by atoms with Gasteiger partial charge in [0.2, 0.25) is 0 Å². The van der Waals surface area contributed by atoms with Gasteiger partial charge in [0.05, 0.1) is 0 Å². The minimum atomic E-state index is 1.10. The van der Waals surface area contributed by atoms with Crippen LogP contribution >= 0.6 is 15.9 Å². The van der Waals surface area contributed by atoms with Crippen molar-refractivity contribution in [2.24, 2.45) is 0 Å². The highest BCUT2D eigenvalue weighted by molar-refractivity contribution is 9.10. The third-order valence-electron chi connectivity index (χ3n) is 4.88. The molecule has 5 rings (SSSR count). The molecule has 0 atom stereocenters. The largest absolute Gasteiger partial charge is 0.0616 e. The van der Waals surface area contributed by atoms with Gasteiger partial charge in [0.25, 0.3) is 0 Å². The van der Waals surface area contributed by atoms with Crippen molar-refractivity contribution < 1.29 is 0 Å². The van der Waals surface area contributed by atoms with Gasteiger partial charge >= 0.3 is 0 Å². The van der Waals surface area contributed by atoms with Gasteiger partial charge < -0.3 is 0 Å². The molecule has 5 aromatic rings. The number of benzene rings is 5. The van der Waals surface area contributed by atoms with Gasteiger partial charge in [-0.15, -0.1) is 0 Å². The van der Waals surface area contributed by atoms with E-state index < -0.39 is 0 Å². The molecule has 0 heterocycles. The topological polar surface area (TPSA) is 0 Å². The smallest absolute Gasteiger partial charge is 0.0175 e. The fourth-order valence-electron chi connectivity index (χ4n) is 3.67. The molecule has 0 saturated heterocycles. The molecule has 5 aromatic carbocycles. The molecule has 0 aliphatic carbocycles. The first-order valence-electron chi connectivity index (χ1n) is 8.40. The van der Waals surface area contributed by atoms with E-state index in [-0.39, 0.29) is 0 Å². The van der Waals surface area contributed by atoms with Crippen LogP contribution in [0.3, 0.4) is 0 Å². The third-order valence-corrected chi connectivity index (χ3v) is 5.41. The van der Waals surface area contributed by atoms with Gasteiger partial charge in [0.15, 0.2) is 0 Å². The molecule has 0 N–H and O–H groups in total. The molecule has 0 bridgehead atoms. The highest BCUT2D eigenvalue weighted by atomic mass is 79.9. The van der Waals surface area contributed by atoms with Gasteiger partial charge in [-0.05, 0) is 67.7 Å². The molecule has 0 saturated carbocycles. The Kier molecular flexibility index (Phi) is 3.36. The van der Waals surface area contributed by atoms with E-state index in [1.165, 1.54) is 43.4 Å². The zero-order valence-corrected chi connectivity index (χ0v) is 15.1. The summed E-state index contributed by atoms with van der Waals surface area (Å²) < 4.78 is 1.10. The summed E-state index contributed by atoms with van der Waals surface area (Å²) in [4.78, 5) is 0. The maximum absolute atomic E-state index is 3.53. The lowest BCUT2D eigenvalue weighted by Gasteiger charge is -2.12. The van der Waals surface area contributed by atoms with E-state index in [1.54, 1.807) is 0 Å². The molecule has 0 nitrogen and oxygen atoms in total. The summed E-state index contributed by atoms with van der Waals surface area (Å²) >= 11 is 3.53. The first-order valence-corrected chi connectivity index (χ1v) is 9.19. The molecule has 0 radical (unpaired) electrons. The van der Waals surface area contributed by atoms with E-state index in [1.807, 2.05) is 0 Å². The van der Waals surface area contributed by atoms with E-state index >= 15 is 0 Å². The van der Waals surface area contributed by atoms with Gasteiger partial charge in [-0.2, -0.15) is 0 Å². The standard InChI is InChI=1S/C24H15Br/c25-21-12-10-16(11-13-21)22-7-3-6-17-8-9-20-14-18-4-1-2-5-19(18)15-23(20)24(17)22/h1-15H. The molecular weight excluding hydrogens is 368 g/mol. The fourth-order valence-corrected chi connectivity index (χ4v) is 3.94. The molecular formula is C24H15Br. The minimum absolute atomic E-state index is 1.10. The van der Waals surface area contributed by atoms with Crippen molar-refractivity contribution in [3.63, 3.8) is 0 Å². The van der Waals surface area contributed by atoms with Crippen LogP contribution in [0.5, 0.6) is 0 Å². The van der Waals surface area contributed by atoms with Crippen molar-refractivity contribution in [3.05, 3.63) is 95.5 Å². The molecule has 0 amide bonds. The van der Waals surface area contributed by atoms with E-state index in [0.717, 1.165) is 4.47 Å². The van der Waals surface area contributed by atoms with E-state index in [0.29, 0.717) is 0 Å². The maximum Gasteiger partial charge on any atom is 0.0175 e. The normalized spacial score (nSPS) is 11.4. The Hall–Kier alpha value is -2.64. The summed E-state index contributed by atoms with van der Waals surface area (Å²) in [6.07, 6.45) is 0. The SMILES string of the molecule is Brc1ccc(-c2cccc3ccc4cc5ccccc5cc4c23)cc1. The van der Waals surface area contributed by atoms with Crippen LogP contribution in [-0.2, 0) is 0 Å². The van der Waals surface area contributed by atoms with Crippen molar-refractivity contribution >= 4 is 48.2 Å². The predicted octanol–water partition coefficient (Wildman–Crippen LogP) is 7.58. The van der Waals surface area contributed by atoms with Gasteiger partial charge in [0.1, 0.15) is 0 Å². The summed E-state index contributed by atoms with van der Waals surface area (Å²) in [6.45, 7) is 0. The number of halogens is 1. The average Bonchev–Trinajstić information content (AvgIpc) is 2.66. The molecule has 118 valence electrons. The van der Waals surface area contributed by atoms with Crippen LogP contribution in [0.25, 0.3) is 43.4 Å². The maximum atomic E-state index is 3.53. The van der Waals surface area contributed by atoms with Crippen LogP contribution in [0.4, 0.5) is 0 Å². The number of fused-ring (bicyclic) bond motifs is 4. The molecule has 0 aliphatic rings. The lowest BCUT2D eigenvalue weighted by Crippen LogP contribution is -1.85. The first kappa shape index (κ1) is 14.7. The van der Waals surface area contributed by atoms with E-state index in [9.17, 15) is 0 Å². The lowest BCUT2D eigenvalue weighted by molar-refractivity contribution is 1.62. The van der Waals surface area contributed by atoms with Crippen molar-refractivity contribution in [2.75, 3.05) is 0 Å². The third kappa shape index (κ3) is 2.43. The van der Waals surface area contributed by atoms with Crippen molar-refractivity contribution in [1.82, 2.24) is 0 Å². The minimum Gasteiger partial charge on any atom is -0.0616 e. The van der Waals surface area contributed by atoms with Crippen molar-refractivity contribution in [3.8, 4) is 11.1 Å². The zero-order chi connectivity index (χ0) is 16.8. The summed E-state index contributed by atoms with van der Waals surface area (Å²) in [7, 11) is 0. The number of hydrogen-bond acceptors (Lipinski definition) is 0. The van der Waals surface area contributed by atoms with Gasteiger partial charge in [-0.3, -0.25) is 0 Å². The lowest BCUT2D eigenvalue weighted by atomic mass is 9.92. The monoisotopic (exact) mass is 382 g/mol. The Morgan fingerprint density at radius 2 is 1.20 bits per heavy atom. The van der Waals surface area contributed by atoms with Crippen LogP contribution in [-0.4, -0.2) is 0 Å². The second kappa shape index (κ2) is 5.72. The predicted molar refractivity (Wildman–Crippen MR) is 112 cm³/mol. The summed E-state index contributed by atoms with van der Waals surface area (Å²) in [5.74, 6) is 0. The fraction of sp³-hybridized carbons (Fsp3) is 0. The van der Waals surface area contributed by atoms with Crippen LogP contribution in [0.2, 0.25) is 0 Å². The summed E-state index contributed by atoms with van der Waals surface area (Å²) in [5, 5.41) is 7.78. The molecule has 0 fully saturated rings. The van der Waals surface area contributed by atoms with E-state index in [2.05, 4.69) is 107 Å². The Labute approximate surface area is 154 Å². The van der Waals surface area contributed by atoms with Crippen LogP contribution in [0.1, 0.15) is 0 Å². The van der Waals surface area contributed by atoms with Gasteiger partial charge in [-0.25, -0.2) is 0 Å². The van der Waals surface area contributed by atoms with Crippen LogP contribution in [0, 0.1) is 0 Å². The quantitative estimate of drug-likeness (QED) is 0.207.